The summed E-state index contributed by atoms with van der Waals surface area (Å²) in [4.78, 5) is 13.0. The number of carbonyl (C=O) groups is 1. The Bertz CT molecular complexity index is 496. The summed E-state index contributed by atoms with van der Waals surface area (Å²) in [7, 11) is 0. The largest absolute Gasteiger partial charge is 0.406 e. The minimum absolute atomic E-state index is 0.432. The molecule has 1 N–H and O–H groups in total. The molecule has 1 saturated heterocycles. The fourth-order valence-electron chi connectivity index (χ4n) is 2.53. The van der Waals surface area contributed by atoms with Crippen molar-refractivity contribution in [2.45, 2.75) is 30.7 Å². The molecular formula is C13H13F3N2O. The van der Waals surface area contributed by atoms with Crippen LogP contribution in [0.2, 0.25) is 0 Å². The number of nitrogens with zero attached hydrogens (tertiary/aromatic N) is 1. The molecule has 102 valence electrons. The number of alkyl halides is 3. The molecule has 1 aliphatic heterocycles. The molecule has 0 aromatic heterocycles. The molecule has 1 aliphatic carbocycles. The molecule has 1 unspecified atom stereocenters. The van der Waals surface area contributed by atoms with E-state index in [1.807, 2.05) is 0 Å². The number of amides is 1. The first-order valence-corrected chi connectivity index (χ1v) is 6.12. The highest BCUT2D eigenvalue weighted by Gasteiger charge is 2.60. The molecule has 1 atom stereocenters. The Morgan fingerprint density at radius 3 is 2.42 bits per heavy atom. The maximum Gasteiger partial charge on any atom is 0.406 e. The first-order valence-electron chi connectivity index (χ1n) is 6.12. The molecule has 2 fully saturated rings. The van der Waals surface area contributed by atoms with Crippen LogP contribution < -0.4 is 5.32 Å². The quantitative estimate of drug-likeness (QED) is 0.893. The van der Waals surface area contributed by atoms with Crippen molar-refractivity contribution < 1.29 is 18.0 Å². The summed E-state index contributed by atoms with van der Waals surface area (Å²) in [6.45, 7) is -1.21. The van der Waals surface area contributed by atoms with Crippen LogP contribution >= 0.6 is 0 Å². The van der Waals surface area contributed by atoms with E-state index in [2.05, 4.69) is 5.32 Å². The van der Waals surface area contributed by atoms with Crippen molar-refractivity contribution >= 4 is 5.91 Å². The molecule has 2 aliphatic rings. The number of halogens is 3. The molecule has 0 bridgehead atoms. The Labute approximate surface area is 108 Å². The molecule has 1 heterocycles. The molecule has 1 aromatic rings. The average molecular weight is 270 g/mol. The van der Waals surface area contributed by atoms with E-state index >= 15 is 0 Å². The van der Waals surface area contributed by atoms with Gasteiger partial charge in [0.25, 0.3) is 0 Å². The smallest absolute Gasteiger partial charge is 0.312 e. The van der Waals surface area contributed by atoms with Crippen LogP contribution in [0.3, 0.4) is 0 Å². The second-order valence-corrected chi connectivity index (χ2v) is 5.09. The van der Waals surface area contributed by atoms with Gasteiger partial charge in [0.2, 0.25) is 5.91 Å². The van der Waals surface area contributed by atoms with Gasteiger partial charge in [0.05, 0.1) is 0 Å². The van der Waals surface area contributed by atoms with E-state index in [4.69, 9.17) is 0 Å². The van der Waals surface area contributed by atoms with Gasteiger partial charge in [-0.15, -0.1) is 0 Å². The molecule has 3 rings (SSSR count). The number of carbonyl (C=O) groups excluding carboxylic acids is 1. The topological polar surface area (TPSA) is 32.3 Å². The maximum atomic E-state index is 12.6. The number of rotatable bonds is 2. The highest BCUT2D eigenvalue weighted by atomic mass is 19.4. The van der Waals surface area contributed by atoms with Gasteiger partial charge in [-0.05, 0) is 18.4 Å². The number of hydrogen-bond acceptors (Lipinski definition) is 2. The van der Waals surface area contributed by atoms with Crippen LogP contribution in [0.25, 0.3) is 0 Å². The SMILES string of the molecule is O=C1N(CC(F)(F)F)C(c2ccccc2)NC12CC2. The van der Waals surface area contributed by atoms with Gasteiger partial charge in [-0.2, -0.15) is 13.2 Å². The lowest BCUT2D eigenvalue weighted by Gasteiger charge is -2.25. The van der Waals surface area contributed by atoms with Gasteiger partial charge in [-0.25, -0.2) is 0 Å². The molecule has 3 nitrogen and oxygen atoms in total. The van der Waals surface area contributed by atoms with Crippen molar-refractivity contribution in [1.29, 1.82) is 0 Å². The van der Waals surface area contributed by atoms with Gasteiger partial charge in [0.15, 0.2) is 0 Å². The van der Waals surface area contributed by atoms with Gasteiger partial charge >= 0.3 is 6.18 Å². The van der Waals surface area contributed by atoms with E-state index in [-0.39, 0.29) is 0 Å². The van der Waals surface area contributed by atoms with Gasteiger partial charge in [0.1, 0.15) is 18.2 Å². The van der Waals surface area contributed by atoms with Gasteiger partial charge in [0, 0.05) is 0 Å². The zero-order chi connectivity index (χ0) is 13.7. The molecule has 1 spiro atoms. The van der Waals surface area contributed by atoms with E-state index in [1.165, 1.54) is 0 Å². The standard InChI is InChI=1S/C13H13F3N2O/c14-13(15,16)8-18-10(9-4-2-1-3-5-9)17-12(6-7-12)11(18)19/h1-5,10,17H,6-8H2. The van der Waals surface area contributed by atoms with E-state index in [0.29, 0.717) is 18.4 Å². The molecular weight excluding hydrogens is 257 g/mol. The fraction of sp³-hybridized carbons (Fsp3) is 0.462. The molecule has 1 aromatic carbocycles. The van der Waals surface area contributed by atoms with Crippen LogP contribution in [-0.4, -0.2) is 29.1 Å². The monoisotopic (exact) mass is 270 g/mol. The second kappa shape index (κ2) is 3.96. The zero-order valence-electron chi connectivity index (χ0n) is 10.1. The summed E-state index contributed by atoms with van der Waals surface area (Å²) in [5, 5.41) is 3.06. The number of hydrogen-bond donors (Lipinski definition) is 1. The van der Waals surface area contributed by atoms with E-state index < -0.39 is 30.3 Å². The fourth-order valence-corrected chi connectivity index (χ4v) is 2.53. The van der Waals surface area contributed by atoms with Gasteiger partial charge in [-0.1, -0.05) is 30.3 Å². The van der Waals surface area contributed by atoms with E-state index in [1.54, 1.807) is 30.3 Å². The molecule has 19 heavy (non-hydrogen) atoms. The molecule has 1 amide bonds. The molecule has 0 radical (unpaired) electrons. The van der Waals surface area contributed by atoms with E-state index in [9.17, 15) is 18.0 Å². The summed E-state index contributed by atoms with van der Waals surface area (Å²) in [6, 6.07) is 8.77. The van der Waals surface area contributed by atoms with Gasteiger partial charge < -0.3 is 4.90 Å². The first-order chi connectivity index (χ1) is 8.91. The van der Waals surface area contributed by atoms with Gasteiger partial charge in [-0.3, -0.25) is 10.1 Å². The summed E-state index contributed by atoms with van der Waals surface area (Å²) in [6.07, 6.45) is -3.84. The van der Waals surface area contributed by atoms with Crippen LogP contribution in [0.5, 0.6) is 0 Å². The Morgan fingerprint density at radius 2 is 1.89 bits per heavy atom. The van der Waals surface area contributed by atoms with Crippen LogP contribution in [-0.2, 0) is 4.79 Å². The Hall–Kier alpha value is -1.56. The Morgan fingerprint density at radius 1 is 1.26 bits per heavy atom. The minimum atomic E-state index is -4.38. The van der Waals surface area contributed by atoms with Crippen LogP contribution in [0.4, 0.5) is 13.2 Å². The van der Waals surface area contributed by atoms with Crippen molar-refractivity contribution in [1.82, 2.24) is 10.2 Å². The normalized spacial score (nSPS) is 25.1. The number of benzene rings is 1. The lowest BCUT2D eigenvalue weighted by molar-refractivity contribution is -0.162. The predicted molar refractivity (Wildman–Crippen MR) is 62.1 cm³/mol. The molecule has 6 heteroatoms. The van der Waals surface area contributed by atoms with Crippen LogP contribution in [0.1, 0.15) is 24.6 Å². The maximum absolute atomic E-state index is 12.6. The predicted octanol–water partition coefficient (Wildman–Crippen LogP) is 2.21. The third kappa shape index (κ3) is 2.20. The lowest BCUT2D eigenvalue weighted by atomic mass is 10.1. The second-order valence-electron chi connectivity index (χ2n) is 5.09. The minimum Gasteiger partial charge on any atom is -0.312 e. The van der Waals surface area contributed by atoms with Crippen molar-refractivity contribution in [3.8, 4) is 0 Å². The lowest BCUT2D eigenvalue weighted by Crippen LogP contribution is -2.39. The highest BCUT2D eigenvalue weighted by Crippen LogP contribution is 2.46. The van der Waals surface area contributed by atoms with E-state index in [0.717, 1.165) is 4.90 Å². The average Bonchev–Trinajstić information content (AvgIpc) is 3.08. The van der Waals surface area contributed by atoms with Crippen molar-refractivity contribution in [3.63, 3.8) is 0 Å². The Kier molecular flexibility index (Phi) is 2.60. The summed E-state index contributed by atoms with van der Waals surface area (Å²) < 4.78 is 37.9. The summed E-state index contributed by atoms with van der Waals surface area (Å²) >= 11 is 0. The van der Waals surface area contributed by atoms with Crippen molar-refractivity contribution in [2.75, 3.05) is 6.54 Å². The first kappa shape index (κ1) is 12.5. The highest BCUT2D eigenvalue weighted by molar-refractivity contribution is 5.92. The molecule has 1 saturated carbocycles. The van der Waals surface area contributed by atoms with Crippen LogP contribution in [0.15, 0.2) is 30.3 Å². The van der Waals surface area contributed by atoms with Crippen LogP contribution in [0, 0.1) is 0 Å². The third-order valence-electron chi connectivity index (χ3n) is 3.61. The van der Waals surface area contributed by atoms with Crippen molar-refractivity contribution in [2.24, 2.45) is 0 Å². The summed E-state index contributed by atoms with van der Waals surface area (Å²) in [5.41, 5.74) is -0.0601. The Balaban J connectivity index is 1.91. The number of nitrogens with one attached hydrogen (secondary N) is 1. The zero-order valence-corrected chi connectivity index (χ0v) is 10.1. The third-order valence-corrected chi connectivity index (χ3v) is 3.61. The summed E-state index contributed by atoms with van der Waals surface area (Å²) in [5.74, 6) is -0.432. The van der Waals surface area contributed by atoms with Crippen molar-refractivity contribution in [3.05, 3.63) is 35.9 Å².